The smallest absolute Gasteiger partial charge is 0.165 e. The van der Waals surface area contributed by atoms with E-state index >= 15 is 0 Å². The van der Waals surface area contributed by atoms with Crippen molar-refractivity contribution in [2.24, 2.45) is 0 Å². The topological polar surface area (TPSA) is 34.4 Å². The molecule has 2 rings (SSSR count). The van der Waals surface area contributed by atoms with Gasteiger partial charge in [-0.05, 0) is 24.7 Å². The zero-order valence-corrected chi connectivity index (χ0v) is 10.3. The molecule has 0 atom stereocenters. The Morgan fingerprint density at radius 1 is 1.28 bits per heavy atom. The molecule has 4 heteroatoms. The van der Waals surface area contributed by atoms with E-state index in [0.29, 0.717) is 0 Å². The van der Waals surface area contributed by atoms with Crippen LogP contribution in [-0.2, 0) is 13.2 Å². The van der Waals surface area contributed by atoms with E-state index in [1.54, 1.807) is 24.5 Å². The molecule has 0 amide bonds. The van der Waals surface area contributed by atoms with Crippen molar-refractivity contribution in [2.45, 2.75) is 20.1 Å². The number of nitrogens with one attached hydrogen (secondary N) is 1. The predicted molar refractivity (Wildman–Crippen MR) is 66.8 cm³/mol. The largest absolute Gasteiger partial charge is 0.483 e. The van der Waals surface area contributed by atoms with Gasteiger partial charge in [-0.3, -0.25) is 0 Å². The fraction of sp³-hybridized carbons (Fsp3) is 0.286. The molecule has 0 unspecified atom stereocenters. The number of hydrogen-bond acceptors (Lipinski definition) is 3. The van der Waals surface area contributed by atoms with Gasteiger partial charge < -0.3 is 14.5 Å². The number of benzene rings is 1. The Morgan fingerprint density at radius 3 is 2.89 bits per heavy atom. The van der Waals surface area contributed by atoms with Crippen molar-refractivity contribution < 1.29 is 13.5 Å². The summed E-state index contributed by atoms with van der Waals surface area (Å²) in [5, 5.41) is 3.21. The number of halogens is 1. The number of furan rings is 1. The molecule has 0 aliphatic carbocycles. The average molecular weight is 249 g/mol. The van der Waals surface area contributed by atoms with Gasteiger partial charge in [0.05, 0.1) is 6.26 Å². The van der Waals surface area contributed by atoms with Gasteiger partial charge in [0.15, 0.2) is 11.6 Å². The highest BCUT2D eigenvalue weighted by molar-refractivity contribution is 5.24. The molecular weight excluding hydrogens is 233 g/mol. The molecule has 2 aromatic rings. The molecule has 0 radical (unpaired) electrons. The van der Waals surface area contributed by atoms with Crippen LogP contribution in [0.3, 0.4) is 0 Å². The van der Waals surface area contributed by atoms with Crippen LogP contribution < -0.4 is 10.1 Å². The van der Waals surface area contributed by atoms with Gasteiger partial charge in [0.1, 0.15) is 12.4 Å². The van der Waals surface area contributed by atoms with Crippen molar-refractivity contribution >= 4 is 0 Å². The minimum atomic E-state index is -0.364. The van der Waals surface area contributed by atoms with Crippen LogP contribution in [0.1, 0.15) is 18.2 Å². The highest BCUT2D eigenvalue weighted by atomic mass is 19.1. The molecule has 0 bridgehead atoms. The van der Waals surface area contributed by atoms with E-state index in [9.17, 15) is 4.39 Å². The highest BCUT2D eigenvalue weighted by Gasteiger charge is 2.08. The summed E-state index contributed by atoms with van der Waals surface area (Å²) in [5.41, 5.74) is 1.04. The van der Waals surface area contributed by atoms with Crippen LogP contribution in [0.15, 0.2) is 41.0 Å². The molecule has 0 saturated heterocycles. The summed E-state index contributed by atoms with van der Waals surface area (Å²) in [6, 6.07) is 8.23. The van der Waals surface area contributed by atoms with Crippen LogP contribution >= 0.6 is 0 Å². The van der Waals surface area contributed by atoms with Crippen LogP contribution in [0.25, 0.3) is 0 Å². The molecule has 1 N–H and O–H groups in total. The first-order chi connectivity index (χ1) is 8.81. The third kappa shape index (κ3) is 3.11. The molecular formula is C14H16FNO2. The van der Waals surface area contributed by atoms with Crippen molar-refractivity contribution in [3.63, 3.8) is 0 Å². The van der Waals surface area contributed by atoms with Gasteiger partial charge in [-0.25, -0.2) is 4.39 Å². The van der Waals surface area contributed by atoms with Gasteiger partial charge >= 0.3 is 0 Å². The Bertz CT molecular complexity index is 496. The maximum atomic E-state index is 13.4. The van der Waals surface area contributed by atoms with Crippen molar-refractivity contribution in [3.8, 4) is 5.75 Å². The van der Waals surface area contributed by atoms with Gasteiger partial charge in [-0.15, -0.1) is 0 Å². The third-order valence-electron chi connectivity index (χ3n) is 2.60. The van der Waals surface area contributed by atoms with Crippen molar-refractivity contribution in [2.75, 3.05) is 6.54 Å². The van der Waals surface area contributed by atoms with Gasteiger partial charge in [-0.1, -0.05) is 19.1 Å². The quantitative estimate of drug-likeness (QED) is 0.854. The fourth-order valence-electron chi connectivity index (χ4n) is 1.62. The summed E-state index contributed by atoms with van der Waals surface area (Å²) >= 11 is 0. The van der Waals surface area contributed by atoms with E-state index < -0.39 is 0 Å². The highest BCUT2D eigenvalue weighted by Crippen LogP contribution is 2.19. The molecule has 96 valence electrons. The first-order valence-corrected chi connectivity index (χ1v) is 5.94. The molecule has 0 aliphatic rings. The SMILES string of the molecule is CCNCc1ccoc1COc1ccccc1F. The third-order valence-corrected chi connectivity index (χ3v) is 2.60. The normalized spacial score (nSPS) is 10.6. The minimum absolute atomic E-state index is 0.231. The maximum absolute atomic E-state index is 13.4. The van der Waals surface area contributed by atoms with E-state index in [0.717, 1.165) is 24.4 Å². The van der Waals surface area contributed by atoms with Crippen LogP contribution in [0, 0.1) is 5.82 Å². The second kappa shape index (κ2) is 6.21. The van der Waals surface area contributed by atoms with Crippen LogP contribution in [-0.4, -0.2) is 6.54 Å². The predicted octanol–water partition coefficient (Wildman–Crippen LogP) is 3.11. The first-order valence-electron chi connectivity index (χ1n) is 5.94. The molecule has 1 heterocycles. The van der Waals surface area contributed by atoms with E-state index in [1.165, 1.54) is 6.07 Å². The summed E-state index contributed by atoms with van der Waals surface area (Å²) in [4.78, 5) is 0. The van der Waals surface area contributed by atoms with Crippen LogP contribution in [0.4, 0.5) is 4.39 Å². The van der Waals surface area contributed by atoms with Gasteiger partial charge in [-0.2, -0.15) is 0 Å². The van der Waals surface area contributed by atoms with Crippen LogP contribution in [0.2, 0.25) is 0 Å². The summed E-state index contributed by atoms with van der Waals surface area (Å²) in [5.74, 6) is 0.597. The van der Waals surface area contributed by atoms with Crippen molar-refractivity contribution in [3.05, 3.63) is 53.7 Å². The molecule has 0 saturated carbocycles. The zero-order chi connectivity index (χ0) is 12.8. The van der Waals surface area contributed by atoms with E-state index in [4.69, 9.17) is 9.15 Å². The van der Waals surface area contributed by atoms with E-state index in [2.05, 4.69) is 5.32 Å². The second-order valence-electron chi connectivity index (χ2n) is 3.87. The van der Waals surface area contributed by atoms with E-state index in [-0.39, 0.29) is 18.2 Å². The van der Waals surface area contributed by atoms with Gasteiger partial charge in [0.2, 0.25) is 0 Å². The summed E-state index contributed by atoms with van der Waals surface area (Å²) in [6.07, 6.45) is 1.62. The van der Waals surface area contributed by atoms with Crippen molar-refractivity contribution in [1.82, 2.24) is 5.32 Å². The lowest BCUT2D eigenvalue weighted by molar-refractivity contribution is 0.256. The lowest BCUT2D eigenvalue weighted by Crippen LogP contribution is -2.12. The number of para-hydroxylation sites is 1. The van der Waals surface area contributed by atoms with Crippen molar-refractivity contribution in [1.29, 1.82) is 0 Å². The van der Waals surface area contributed by atoms with Crippen LogP contribution in [0.5, 0.6) is 5.75 Å². The number of hydrogen-bond donors (Lipinski definition) is 1. The second-order valence-corrected chi connectivity index (χ2v) is 3.87. The summed E-state index contributed by atoms with van der Waals surface area (Å²) in [7, 11) is 0. The maximum Gasteiger partial charge on any atom is 0.165 e. The Labute approximate surface area is 106 Å². The lowest BCUT2D eigenvalue weighted by Gasteiger charge is -2.07. The first kappa shape index (κ1) is 12.6. The standard InChI is InChI=1S/C14H16FNO2/c1-2-16-9-11-7-8-17-14(11)10-18-13-6-4-3-5-12(13)15/h3-8,16H,2,9-10H2,1H3. The Hall–Kier alpha value is -1.81. The summed E-state index contributed by atoms with van der Waals surface area (Å²) in [6.45, 7) is 3.88. The van der Waals surface area contributed by atoms with E-state index in [1.807, 2.05) is 13.0 Å². The number of ether oxygens (including phenoxy) is 1. The summed E-state index contributed by atoms with van der Waals surface area (Å²) < 4.78 is 24.1. The van der Waals surface area contributed by atoms with Gasteiger partial charge in [0.25, 0.3) is 0 Å². The van der Waals surface area contributed by atoms with Gasteiger partial charge in [0, 0.05) is 12.1 Å². The molecule has 1 aromatic heterocycles. The fourth-order valence-corrected chi connectivity index (χ4v) is 1.62. The molecule has 0 fully saturated rings. The Morgan fingerprint density at radius 2 is 2.11 bits per heavy atom. The average Bonchev–Trinajstić information content (AvgIpc) is 2.83. The Kier molecular flexibility index (Phi) is 4.36. The molecule has 18 heavy (non-hydrogen) atoms. The Balaban J connectivity index is 1.98. The molecule has 0 aliphatic heterocycles. The molecule has 3 nitrogen and oxygen atoms in total. The molecule has 1 aromatic carbocycles. The molecule has 0 spiro atoms. The number of rotatable bonds is 6. The zero-order valence-electron chi connectivity index (χ0n) is 10.3. The minimum Gasteiger partial charge on any atom is -0.483 e. The monoisotopic (exact) mass is 249 g/mol. The lowest BCUT2D eigenvalue weighted by atomic mass is 10.2.